The summed E-state index contributed by atoms with van der Waals surface area (Å²) in [6.45, 7) is 2.63. The molecule has 150 valence electrons. The van der Waals surface area contributed by atoms with Crippen molar-refractivity contribution >= 4 is 23.2 Å². The van der Waals surface area contributed by atoms with Crippen LogP contribution in [0.15, 0.2) is 59.7 Å². The van der Waals surface area contributed by atoms with Gasteiger partial charge in [-0.05, 0) is 17.7 Å². The second-order valence-corrected chi connectivity index (χ2v) is 7.21. The van der Waals surface area contributed by atoms with Gasteiger partial charge in [-0.2, -0.15) is 5.10 Å². The Kier molecular flexibility index (Phi) is 5.86. The van der Waals surface area contributed by atoms with Gasteiger partial charge in [0.25, 0.3) is 11.8 Å². The van der Waals surface area contributed by atoms with Gasteiger partial charge in [0.15, 0.2) is 6.61 Å². The molecular formula is C22H24N4O3. The molecule has 2 aliphatic heterocycles. The van der Waals surface area contributed by atoms with Gasteiger partial charge in [0, 0.05) is 38.2 Å². The minimum Gasteiger partial charge on any atom is -0.482 e. The van der Waals surface area contributed by atoms with E-state index < -0.39 is 0 Å². The molecule has 29 heavy (non-hydrogen) atoms. The molecule has 2 aliphatic rings. The fourth-order valence-corrected chi connectivity index (χ4v) is 3.57. The topological polar surface area (TPSA) is 74.2 Å². The highest BCUT2D eigenvalue weighted by Crippen LogP contribution is 2.31. The fraction of sp³-hybridized carbons (Fsp3) is 0.318. The van der Waals surface area contributed by atoms with Crippen LogP contribution in [0.2, 0.25) is 0 Å². The van der Waals surface area contributed by atoms with E-state index in [2.05, 4.69) is 39.7 Å². The molecule has 0 unspecified atom stereocenters. The van der Waals surface area contributed by atoms with Crippen molar-refractivity contribution in [1.82, 2.24) is 10.3 Å². The van der Waals surface area contributed by atoms with E-state index >= 15 is 0 Å². The van der Waals surface area contributed by atoms with E-state index in [9.17, 15) is 9.59 Å². The van der Waals surface area contributed by atoms with Gasteiger partial charge in [-0.1, -0.05) is 42.5 Å². The van der Waals surface area contributed by atoms with Crippen molar-refractivity contribution in [3.63, 3.8) is 0 Å². The molecule has 0 aliphatic carbocycles. The van der Waals surface area contributed by atoms with Crippen molar-refractivity contribution in [1.29, 1.82) is 0 Å². The molecule has 0 radical (unpaired) electrons. The Morgan fingerprint density at radius 2 is 1.76 bits per heavy atom. The number of rotatable bonds is 5. The molecule has 0 bridgehead atoms. The van der Waals surface area contributed by atoms with Crippen molar-refractivity contribution in [2.24, 2.45) is 5.10 Å². The van der Waals surface area contributed by atoms with Crippen LogP contribution >= 0.6 is 0 Å². The lowest BCUT2D eigenvalue weighted by Gasteiger charge is -2.29. The number of likely N-dealkylation sites (tertiary alicyclic amines) is 1. The summed E-state index contributed by atoms with van der Waals surface area (Å²) in [7, 11) is 0. The third-order valence-corrected chi connectivity index (χ3v) is 5.13. The largest absolute Gasteiger partial charge is 0.482 e. The number of amides is 2. The Morgan fingerprint density at radius 1 is 1.03 bits per heavy atom. The van der Waals surface area contributed by atoms with E-state index in [-0.39, 0.29) is 25.0 Å². The summed E-state index contributed by atoms with van der Waals surface area (Å²) in [5.74, 6) is 0.0620. The van der Waals surface area contributed by atoms with Crippen LogP contribution in [0.4, 0.5) is 5.69 Å². The smallest absolute Gasteiger partial charge is 0.265 e. The molecule has 7 nitrogen and oxygen atoms in total. The summed E-state index contributed by atoms with van der Waals surface area (Å²) in [4.78, 5) is 28.3. The summed E-state index contributed by atoms with van der Waals surface area (Å²) in [6, 6.07) is 17.6. The number of fused-ring (bicyclic) bond motifs is 1. The lowest BCUT2D eigenvalue weighted by atomic mass is 10.1. The maximum atomic E-state index is 12.4. The zero-order valence-corrected chi connectivity index (χ0v) is 16.2. The van der Waals surface area contributed by atoms with Crippen LogP contribution in [0.1, 0.15) is 18.4 Å². The highest BCUT2D eigenvalue weighted by atomic mass is 16.5. The molecule has 4 rings (SSSR count). The van der Waals surface area contributed by atoms with Crippen molar-refractivity contribution in [3.8, 4) is 5.75 Å². The van der Waals surface area contributed by atoms with Crippen molar-refractivity contribution in [3.05, 3.63) is 60.2 Å². The maximum Gasteiger partial charge on any atom is 0.265 e. The number of ether oxygens (including phenoxy) is 1. The number of nitrogens with zero attached hydrogens (tertiary/aromatic N) is 3. The molecular weight excluding hydrogens is 368 g/mol. The maximum absolute atomic E-state index is 12.4. The summed E-state index contributed by atoms with van der Waals surface area (Å²) < 4.78 is 5.40. The summed E-state index contributed by atoms with van der Waals surface area (Å²) >= 11 is 0. The van der Waals surface area contributed by atoms with Crippen LogP contribution < -0.4 is 15.1 Å². The number of para-hydroxylation sites is 2. The first-order valence-electron chi connectivity index (χ1n) is 9.82. The molecule has 0 aromatic heterocycles. The van der Waals surface area contributed by atoms with E-state index in [0.29, 0.717) is 11.4 Å². The van der Waals surface area contributed by atoms with Crippen molar-refractivity contribution in [2.75, 3.05) is 31.1 Å². The van der Waals surface area contributed by atoms with Crippen molar-refractivity contribution < 1.29 is 14.3 Å². The Bertz CT molecular complexity index is 903. The molecule has 1 N–H and O–H groups in total. The minimum atomic E-state index is -0.311. The lowest BCUT2D eigenvalue weighted by Crippen LogP contribution is -2.44. The molecule has 1 fully saturated rings. The van der Waals surface area contributed by atoms with Gasteiger partial charge >= 0.3 is 0 Å². The fourth-order valence-electron chi connectivity index (χ4n) is 3.57. The minimum absolute atomic E-state index is 0.0595. The number of carbonyl (C=O) groups is 2. The van der Waals surface area contributed by atoms with E-state index in [1.54, 1.807) is 12.1 Å². The zero-order chi connectivity index (χ0) is 20.1. The van der Waals surface area contributed by atoms with Gasteiger partial charge in [0.2, 0.25) is 0 Å². The zero-order valence-electron chi connectivity index (χ0n) is 16.2. The van der Waals surface area contributed by atoms with Crippen LogP contribution in [0.5, 0.6) is 5.75 Å². The normalized spacial score (nSPS) is 16.8. The first kappa shape index (κ1) is 19.1. The third-order valence-electron chi connectivity index (χ3n) is 5.13. The van der Waals surface area contributed by atoms with Gasteiger partial charge in [-0.15, -0.1) is 0 Å². The Labute approximate surface area is 169 Å². The lowest BCUT2D eigenvalue weighted by molar-refractivity contribution is -0.125. The highest BCUT2D eigenvalue weighted by molar-refractivity contribution is 6.02. The van der Waals surface area contributed by atoms with Crippen LogP contribution in [-0.2, 0) is 16.1 Å². The quantitative estimate of drug-likeness (QED) is 0.792. The van der Waals surface area contributed by atoms with Crippen LogP contribution in [0.3, 0.4) is 0 Å². The van der Waals surface area contributed by atoms with Gasteiger partial charge in [0.05, 0.1) is 5.69 Å². The first-order valence-corrected chi connectivity index (χ1v) is 9.82. The molecule has 1 saturated heterocycles. The monoisotopic (exact) mass is 392 g/mol. The Balaban J connectivity index is 1.28. The summed E-state index contributed by atoms with van der Waals surface area (Å²) in [5.41, 5.74) is 5.51. The van der Waals surface area contributed by atoms with Gasteiger partial charge < -0.3 is 4.74 Å². The number of carbonyl (C=O) groups excluding carboxylic acids is 2. The molecule has 2 aromatic rings. The second kappa shape index (κ2) is 8.87. The van der Waals surface area contributed by atoms with Crippen LogP contribution in [0, 0.1) is 0 Å². The number of hydrogen-bond donors (Lipinski definition) is 1. The van der Waals surface area contributed by atoms with Gasteiger partial charge in [0.1, 0.15) is 12.3 Å². The molecule has 2 heterocycles. The molecule has 7 heteroatoms. The molecule has 0 atom stereocenters. The number of anilines is 1. The predicted molar refractivity (Wildman–Crippen MR) is 111 cm³/mol. The molecule has 0 spiro atoms. The predicted octanol–water partition coefficient (Wildman–Crippen LogP) is 2.18. The number of hydrogen-bond acceptors (Lipinski definition) is 5. The van der Waals surface area contributed by atoms with Gasteiger partial charge in [-0.3, -0.25) is 19.4 Å². The Morgan fingerprint density at radius 3 is 2.55 bits per heavy atom. The SMILES string of the molecule is O=C(CN1C(=O)COc2ccccc21)NN=C1CCN(Cc2ccccc2)CC1. The van der Waals surface area contributed by atoms with E-state index in [4.69, 9.17) is 4.74 Å². The summed E-state index contributed by atoms with van der Waals surface area (Å²) in [6.07, 6.45) is 1.65. The molecule has 2 amide bonds. The van der Waals surface area contributed by atoms with Crippen molar-refractivity contribution in [2.45, 2.75) is 19.4 Å². The third kappa shape index (κ3) is 4.81. The highest BCUT2D eigenvalue weighted by Gasteiger charge is 2.27. The number of nitrogens with one attached hydrogen (secondary N) is 1. The first-order chi connectivity index (χ1) is 14.2. The molecule has 0 saturated carbocycles. The van der Waals surface area contributed by atoms with E-state index in [0.717, 1.165) is 38.2 Å². The van der Waals surface area contributed by atoms with E-state index in [1.807, 2.05) is 18.2 Å². The Hall–Kier alpha value is -3.19. The van der Waals surface area contributed by atoms with Crippen LogP contribution in [-0.4, -0.2) is 48.7 Å². The number of piperidine rings is 1. The average molecular weight is 392 g/mol. The van der Waals surface area contributed by atoms with E-state index in [1.165, 1.54) is 10.5 Å². The molecule has 2 aromatic carbocycles. The number of hydrazone groups is 1. The van der Waals surface area contributed by atoms with Crippen LogP contribution in [0.25, 0.3) is 0 Å². The van der Waals surface area contributed by atoms with Gasteiger partial charge in [-0.25, -0.2) is 5.43 Å². The standard InChI is InChI=1S/C22H24N4O3/c27-21(15-26-19-8-4-5-9-20(19)29-16-22(26)28)24-23-18-10-12-25(13-11-18)14-17-6-2-1-3-7-17/h1-9H,10-16H2,(H,24,27). The second-order valence-electron chi connectivity index (χ2n) is 7.21. The number of benzene rings is 2. The average Bonchev–Trinajstić information content (AvgIpc) is 2.76. The summed E-state index contributed by atoms with van der Waals surface area (Å²) in [5, 5.41) is 4.29.